The van der Waals surface area contributed by atoms with Crippen molar-refractivity contribution in [3.63, 3.8) is 0 Å². The number of carbonyl (C=O) groups excluding carboxylic acids is 1. The van der Waals surface area contributed by atoms with Crippen molar-refractivity contribution in [2.24, 2.45) is 0 Å². The number of carbonyl (C=O) groups is 1. The highest BCUT2D eigenvalue weighted by Gasteiger charge is 2.16. The van der Waals surface area contributed by atoms with Crippen LogP contribution in [0.1, 0.15) is 29.5 Å². The largest absolute Gasteiger partial charge is 0.451 e. The molecule has 3 heteroatoms. The molecule has 0 aliphatic carbocycles. The Morgan fingerprint density at radius 3 is 2.80 bits per heavy atom. The second-order valence-electron chi connectivity index (χ2n) is 3.45. The zero-order valence-corrected chi connectivity index (χ0v) is 9.39. The summed E-state index contributed by atoms with van der Waals surface area (Å²) in [6.45, 7) is 3.70. The summed E-state index contributed by atoms with van der Waals surface area (Å²) in [5.41, 5.74) is 1.48. The van der Waals surface area contributed by atoms with Gasteiger partial charge in [-0.25, -0.2) is 0 Å². The van der Waals surface area contributed by atoms with Crippen molar-refractivity contribution in [2.45, 2.75) is 20.3 Å². The molecule has 1 aromatic carbocycles. The van der Waals surface area contributed by atoms with Gasteiger partial charge in [-0.05, 0) is 13.0 Å². The van der Waals surface area contributed by atoms with E-state index in [0.29, 0.717) is 22.8 Å². The van der Waals surface area contributed by atoms with Crippen molar-refractivity contribution >= 4 is 28.4 Å². The highest BCUT2D eigenvalue weighted by Crippen LogP contribution is 2.31. The molecule has 0 amide bonds. The third-order valence-electron chi connectivity index (χ3n) is 2.49. The predicted octanol–water partition coefficient (Wildman–Crippen LogP) is 3.99. The fraction of sp³-hybridized carbons (Fsp3) is 0.250. The summed E-state index contributed by atoms with van der Waals surface area (Å²) in [5, 5.41) is 1.46. The van der Waals surface area contributed by atoms with E-state index >= 15 is 0 Å². The average molecular weight is 223 g/mol. The molecule has 0 fully saturated rings. The summed E-state index contributed by atoms with van der Waals surface area (Å²) in [5.74, 6) is 0.445. The van der Waals surface area contributed by atoms with Crippen molar-refractivity contribution < 1.29 is 9.21 Å². The van der Waals surface area contributed by atoms with Gasteiger partial charge in [0.1, 0.15) is 0 Å². The number of fused-ring (bicyclic) bond motifs is 1. The van der Waals surface area contributed by atoms with Gasteiger partial charge in [0.15, 0.2) is 17.1 Å². The van der Waals surface area contributed by atoms with Crippen LogP contribution in [0.3, 0.4) is 0 Å². The maximum absolute atomic E-state index is 11.6. The van der Waals surface area contributed by atoms with Gasteiger partial charge in [0, 0.05) is 17.4 Å². The molecule has 0 aliphatic heterocycles. The van der Waals surface area contributed by atoms with Crippen LogP contribution in [-0.2, 0) is 0 Å². The number of ketones is 1. The van der Waals surface area contributed by atoms with Crippen molar-refractivity contribution in [3.05, 3.63) is 34.5 Å². The van der Waals surface area contributed by atoms with Crippen LogP contribution in [0.15, 0.2) is 22.6 Å². The summed E-state index contributed by atoms with van der Waals surface area (Å²) >= 11 is 5.99. The number of para-hydroxylation sites is 1. The molecule has 2 nitrogen and oxygen atoms in total. The molecule has 0 N–H and O–H groups in total. The van der Waals surface area contributed by atoms with Crippen LogP contribution < -0.4 is 0 Å². The fourth-order valence-electron chi connectivity index (χ4n) is 1.64. The minimum atomic E-state index is 0.0137. The number of hydrogen-bond donors (Lipinski definition) is 0. The molecule has 0 atom stereocenters. The Bertz CT molecular complexity index is 526. The monoisotopic (exact) mass is 222 g/mol. The third-order valence-corrected chi connectivity index (χ3v) is 2.79. The van der Waals surface area contributed by atoms with E-state index in [2.05, 4.69) is 0 Å². The van der Waals surface area contributed by atoms with Crippen LogP contribution in [0.25, 0.3) is 11.0 Å². The number of aryl methyl sites for hydroxylation is 1. The molecule has 0 saturated heterocycles. The van der Waals surface area contributed by atoms with Gasteiger partial charge in [0.25, 0.3) is 0 Å². The van der Waals surface area contributed by atoms with E-state index in [0.717, 1.165) is 10.9 Å². The summed E-state index contributed by atoms with van der Waals surface area (Å²) in [6, 6.07) is 5.52. The summed E-state index contributed by atoms with van der Waals surface area (Å²) < 4.78 is 5.50. The first-order valence-corrected chi connectivity index (χ1v) is 5.23. The molecule has 78 valence electrons. The molecule has 2 rings (SSSR count). The number of hydrogen-bond acceptors (Lipinski definition) is 2. The number of halogens is 1. The molecule has 1 heterocycles. The lowest BCUT2D eigenvalue weighted by Gasteiger charge is -1.92. The van der Waals surface area contributed by atoms with Crippen molar-refractivity contribution in [1.29, 1.82) is 0 Å². The molecular formula is C12H11ClO2. The Kier molecular flexibility index (Phi) is 2.53. The van der Waals surface area contributed by atoms with E-state index < -0.39 is 0 Å². The van der Waals surface area contributed by atoms with E-state index in [1.165, 1.54) is 0 Å². The zero-order valence-electron chi connectivity index (χ0n) is 8.63. The molecular weight excluding hydrogens is 212 g/mol. The van der Waals surface area contributed by atoms with Crippen molar-refractivity contribution in [3.8, 4) is 0 Å². The number of rotatable bonds is 2. The van der Waals surface area contributed by atoms with Gasteiger partial charge in [-0.15, -0.1) is 0 Å². The van der Waals surface area contributed by atoms with Crippen molar-refractivity contribution in [1.82, 2.24) is 0 Å². The first kappa shape index (κ1) is 10.2. The van der Waals surface area contributed by atoms with Gasteiger partial charge in [0.05, 0.1) is 5.02 Å². The topological polar surface area (TPSA) is 30.2 Å². The maximum Gasteiger partial charge on any atom is 0.198 e. The molecule has 2 aromatic rings. The van der Waals surface area contributed by atoms with Gasteiger partial charge in [0.2, 0.25) is 0 Å². The van der Waals surface area contributed by atoms with Crippen LogP contribution in [0.4, 0.5) is 0 Å². The molecule has 0 saturated carbocycles. The second kappa shape index (κ2) is 3.70. The van der Waals surface area contributed by atoms with E-state index in [9.17, 15) is 4.79 Å². The van der Waals surface area contributed by atoms with E-state index in [4.69, 9.17) is 16.0 Å². The van der Waals surface area contributed by atoms with Crippen molar-refractivity contribution in [2.75, 3.05) is 0 Å². The average Bonchev–Trinajstić information content (AvgIpc) is 2.57. The van der Waals surface area contributed by atoms with Crippen LogP contribution in [-0.4, -0.2) is 5.78 Å². The number of Topliss-reactive ketones (excluding diaryl/α,β-unsaturated/α-hetero) is 1. The highest BCUT2D eigenvalue weighted by molar-refractivity contribution is 6.35. The minimum absolute atomic E-state index is 0.0137. The van der Waals surface area contributed by atoms with Gasteiger partial charge in [-0.2, -0.15) is 0 Å². The first-order chi connectivity index (χ1) is 7.15. The second-order valence-corrected chi connectivity index (χ2v) is 3.86. The lowest BCUT2D eigenvalue weighted by Crippen LogP contribution is -1.95. The Balaban J connectivity index is 2.75. The van der Waals surface area contributed by atoms with Crippen LogP contribution in [0.5, 0.6) is 0 Å². The molecule has 0 aliphatic rings. The molecule has 0 unspecified atom stereocenters. The van der Waals surface area contributed by atoms with E-state index in [-0.39, 0.29) is 5.78 Å². The van der Waals surface area contributed by atoms with Gasteiger partial charge >= 0.3 is 0 Å². The first-order valence-electron chi connectivity index (χ1n) is 4.86. The Morgan fingerprint density at radius 1 is 1.47 bits per heavy atom. The Labute approximate surface area is 92.8 Å². The smallest absolute Gasteiger partial charge is 0.198 e. The molecule has 0 spiro atoms. The highest BCUT2D eigenvalue weighted by atomic mass is 35.5. The fourth-order valence-corrected chi connectivity index (χ4v) is 1.85. The van der Waals surface area contributed by atoms with E-state index in [1.54, 1.807) is 6.07 Å². The number of furan rings is 1. The Hall–Kier alpha value is -1.28. The summed E-state index contributed by atoms with van der Waals surface area (Å²) in [7, 11) is 0. The van der Waals surface area contributed by atoms with Gasteiger partial charge < -0.3 is 4.42 Å². The lowest BCUT2D eigenvalue weighted by molar-refractivity contribution is 0.0963. The Morgan fingerprint density at radius 2 is 2.20 bits per heavy atom. The molecule has 1 aromatic heterocycles. The zero-order chi connectivity index (χ0) is 11.0. The van der Waals surface area contributed by atoms with E-state index in [1.807, 2.05) is 26.0 Å². The summed E-state index contributed by atoms with van der Waals surface area (Å²) in [4.78, 5) is 11.6. The maximum atomic E-state index is 11.6. The SMILES string of the molecule is CCC(=O)c1oc2c(Cl)cccc2c1C. The molecule has 15 heavy (non-hydrogen) atoms. The minimum Gasteiger partial charge on any atom is -0.451 e. The standard InChI is InChI=1S/C12H11ClO2/c1-3-10(14)11-7(2)8-5-4-6-9(13)12(8)15-11/h4-6H,3H2,1-2H3. The number of benzene rings is 1. The third kappa shape index (κ3) is 1.55. The van der Waals surface area contributed by atoms with Gasteiger partial charge in [-0.3, -0.25) is 4.79 Å². The quantitative estimate of drug-likeness (QED) is 0.720. The van der Waals surface area contributed by atoms with Gasteiger partial charge in [-0.1, -0.05) is 30.7 Å². The van der Waals surface area contributed by atoms with Crippen LogP contribution in [0, 0.1) is 6.92 Å². The normalized spacial score (nSPS) is 10.9. The predicted molar refractivity (Wildman–Crippen MR) is 60.6 cm³/mol. The summed E-state index contributed by atoms with van der Waals surface area (Å²) in [6.07, 6.45) is 0.443. The molecule has 0 radical (unpaired) electrons. The lowest BCUT2D eigenvalue weighted by atomic mass is 10.1. The van der Waals surface area contributed by atoms with Crippen LogP contribution >= 0.6 is 11.6 Å². The molecule has 0 bridgehead atoms. The van der Waals surface area contributed by atoms with Crippen LogP contribution in [0.2, 0.25) is 5.02 Å².